The Morgan fingerprint density at radius 1 is 1.27 bits per heavy atom. The number of thiazole rings is 1. The quantitative estimate of drug-likeness (QED) is 0.693. The summed E-state index contributed by atoms with van der Waals surface area (Å²) in [6, 6.07) is 11.9. The molecular formula is C17H12N2O2S. The highest BCUT2D eigenvalue weighted by molar-refractivity contribution is 7.18. The van der Waals surface area contributed by atoms with Crippen LogP contribution in [-0.2, 0) is 10.2 Å². The first kappa shape index (κ1) is 12.2. The zero-order valence-corrected chi connectivity index (χ0v) is 12.7. The van der Waals surface area contributed by atoms with Gasteiger partial charge in [0.25, 0.3) is 0 Å². The maximum Gasteiger partial charge on any atom is 0.243 e. The van der Waals surface area contributed by atoms with Gasteiger partial charge >= 0.3 is 0 Å². The molecular weight excluding hydrogens is 296 g/mol. The van der Waals surface area contributed by atoms with Crippen molar-refractivity contribution in [3.8, 4) is 5.75 Å². The summed E-state index contributed by atoms with van der Waals surface area (Å²) in [5, 5.41) is 4.01. The number of anilines is 1. The van der Waals surface area contributed by atoms with Crippen LogP contribution in [0.2, 0.25) is 0 Å². The summed E-state index contributed by atoms with van der Waals surface area (Å²) in [5.41, 5.74) is 3.04. The van der Waals surface area contributed by atoms with Crippen LogP contribution in [0.5, 0.6) is 5.75 Å². The number of ether oxygens (including phenoxy) is 1. The van der Waals surface area contributed by atoms with Crippen molar-refractivity contribution in [2.75, 3.05) is 11.9 Å². The second-order valence-electron chi connectivity index (χ2n) is 5.74. The van der Waals surface area contributed by atoms with Gasteiger partial charge in [0.2, 0.25) is 5.91 Å². The smallest absolute Gasteiger partial charge is 0.243 e. The molecule has 108 valence electrons. The Hall–Kier alpha value is -2.40. The van der Waals surface area contributed by atoms with Gasteiger partial charge in [-0.2, -0.15) is 0 Å². The van der Waals surface area contributed by atoms with Crippen LogP contribution in [0.1, 0.15) is 16.1 Å². The van der Waals surface area contributed by atoms with Gasteiger partial charge in [-0.3, -0.25) is 4.79 Å². The Morgan fingerprint density at radius 2 is 2.14 bits per heavy atom. The number of aromatic nitrogens is 1. The van der Waals surface area contributed by atoms with Crippen LogP contribution in [0.15, 0.2) is 36.4 Å². The number of aryl methyl sites for hydroxylation is 1. The monoisotopic (exact) mass is 308 g/mol. The summed E-state index contributed by atoms with van der Waals surface area (Å²) in [5.74, 6) is 0.762. The van der Waals surface area contributed by atoms with E-state index in [-0.39, 0.29) is 5.91 Å². The van der Waals surface area contributed by atoms with Gasteiger partial charge < -0.3 is 10.1 Å². The minimum Gasteiger partial charge on any atom is -0.491 e. The lowest BCUT2D eigenvalue weighted by Gasteiger charge is -2.19. The van der Waals surface area contributed by atoms with Gasteiger partial charge in [0.05, 0.1) is 15.2 Å². The molecule has 2 aliphatic heterocycles. The second kappa shape index (κ2) is 3.87. The molecule has 0 bridgehead atoms. The molecule has 1 aromatic heterocycles. The summed E-state index contributed by atoms with van der Waals surface area (Å²) in [6.45, 7) is 2.34. The Kier molecular flexibility index (Phi) is 2.14. The van der Waals surface area contributed by atoms with E-state index in [9.17, 15) is 4.79 Å². The highest BCUT2D eigenvalue weighted by Crippen LogP contribution is 2.51. The standard InChI is InChI=1S/C17H12N2O2S/c1-9-18-13-7-14-11(6-15(13)22-9)17(8-21-14)10-4-2-3-5-12(10)19-16(17)20/h2-7H,8H2,1H3,(H,19,20). The minimum absolute atomic E-state index is 0.00645. The van der Waals surface area contributed by atoms with Crippen molar-refractivity contribution in [2.24, 2.45) is 0 Å². The van der Waals surface area contributed by atoms with Gasteiger partial charge in [0, 0.05) is 17.3 Å². The molecule has 0 saturated heterocycles. The van der Waals surface area contributed by atoms with Crippen molar-refractivity contribution in [2.45, 2.75) is 12.3 Å². The predicted molar refractivity (Wildman–Crippen MR) is 85.7 cm³/mol. The van der Waals surface area contributed by atoms with Gasteiger partial charge in [-0.1, -0.05) is 18.2 Å². The van der Waals surface area contributed by atoms with Crippen LogP contribution in [0.3, 0.4) is 0 Å². The van der Waals surface area contributed by atoms with Crippen LogP contribution in [-0.4, -0.2) is 17.5 Å². The highest BCUT2D eigenvalue weighted by atomic mass is 32.1. The minimum atomic E-state index is -0.724. The number of carbonyl (C=O) groups excluding carboxylic acids is 1. The summed E-state index contributed by atoms with van der Waals surface area (Å²) in [4.78, 5) is 17.3. The number of amides is 1. The molecule has 2 aliphatic rings. The molecule has 1 atom stereocenters. The van der Waals surface area contributed by atoms with E-state index >= 15 is 0 Å². The Bertz CT molecular complexity index is 962. The zero-order chi connectivity index (χ0) is 14.9. The summed E-state index contributed by atoms with van der Waals surface area (Å²) in [7, 11) is 0. The van der Waals surface area contributed by atoms with E-state index in [0.29, 0.717) is 6.61 Å². The van der Waals surface area contributed by atoms with E-state index in [1.54, 1.807) is 11.3 Å². The third-order valence-electron chi connectivity index (χ3n) is 4.52. The van der Waals surface area contributed by atoms with Crippen LogP contribution >= 0.6 is 11.3 Å². The van der Waals surface area contributed by atoms with Crippen molar-refractivity contribution in [3.63, 3.8) is 0 Å². The third-order valence-corrected chi connectivity index (χ3v) is 5.46. The van der Waals surface area contributed by atoms with E-state index < -0.39 is 5.41 Å². The molecule has 1 amide bonds. The molecule has 22 heavy (non-hydrogen) atoms. The maximum absolute atomic E-state index is 12.8. The van der Waals surface area contributed by atoms with E-state index in [1.807, 2.05) is 37.3 Å². The fraction of sp³-hybridized carbons (Fsp3) is 0.176. The summed E-state index contributed by atoms with van der Waals surface area (Å²) in [6.07, 6.45) is 0. The van der Waals surface area contributed by atoms with E-state index in [1.165, 1.54) is 0 Å². The number of nitrogens with zero attached hydrogens (tertiary/aromatic N) is 1. The summed E-state index contributed by atoms with van der Waals surface area (Å²) >= 11 is 1.64. The lowest BCUT2D eigenvalue weighted by Crippen LogP contribution is -2.37. The van der Waals surface area contributed by atoms with E-state index in [0.717, 1.165) is 37.8 Å². The first-order chi connectivity index (χ1) is 10.7. The van der Waals surface area contributed by atoms with Gasteiger partial charge in [0.1, 0.15) is 17.8 Å². The topological polar surface area (TPSA) is 51.2 Å². The molecule has 0 aliphatic carbocycles. The van der Waals surface area contributed by atoms with Crippen molar-refractivity contribution >= 4 is 33.1 Å². The average Bonchev–Trinajstić information content (AvgIpc) is 3.13. The van der Waals surface area contributed by atoms with Gasteiger partial charge in [-0.05, 0) is 24.6 Å². The molecule has 0 saturated carbocycles. The second-order valence-corrected chi connectivity index (χ2v) is 6.98. The van der Waals surface area contributed by atoms with Crippen molar-refractivity contribution < 1.29 is 9.53 Å². The molecule has 3 aromatic rings. The molecule has 5 rings (SSSR count). The number of nitrogens with one attached hydrogen (secondary N) is 1. The van der Waals surface area contributed by atoms with Gasteiger partial charge in [-0.25, -0.2) is 4.98 Å². The molecule has 1 N–H and O–H groups in total. The Balaban J connectivity index is 1.83. The lowest BCUT2D eigenvalue weighted by atomic mass is 9.77. The Labute approximate surface area is 130 Å². The SMILES string of the molecule is Cc1nc2cc3c(cc2s1)C1(CO3)C(=O)Nc2ccccc21. The highest BCUT2D eigenvalue weighted by Gasteiger charge is 2.53. The number of hydrogen-bond acceptors (Lipinski definition) is 4. The summed E-state index contributed by atoms with van der Waals surface area (Å²) < 4.78 is 6.98. The molecule has 1 unspecified atom stereocenters. The van der Waals surface area contributed by atoms with Crippen LogP contribution in [0.25, 0.3) is 10.2 Å². The predicted octanol–water partition coefficient (Wildman–Crippen LogP) is 3.24. The third kappa shape index (κ3) is 1.32. The number of carbonyl (C=O) groups is 1. The normalized spacial score (nSPS) is 21.8. The number of fused-ring (bicyclic) bond motifs is 5. The number of hydrogen-bond donors (Lipinski definition) is 1. The van der Waals surface area contributed by atoms with Crippen molar-refractivity contribution in [3.05, 3.63) is 52.5 Å². The molecule has 4 nitrogen and oxygen atoms in total. The fourth-order valence-electron chi connectivity index (χ4n) is 3.51. The number of rotatable bonds is 0. The maximum atomic E-state index is 12.8. The van der Waals surface area contributed by atoms with E-state index in [2.05, 4.69) is 16.4 Å². The van der Waals surface area contributed by atoms with Crippen molar-refractivity contribution in [1.82, 2.24) is 4.98 Å². The molecule has 5 heteroatoms. The first-order valence-electron chi connectivity index (χ1n) is 7.14. The molecule has 1 spiro atoms. The fourth-order valence-corrected chi connectivity index (χ4v) is 4.36. The zero-order valence-electron chi connectivity index (χ0n) is 11.8. The molecule has 3 heterocycles. The van der Waals surface area contributed by atoms with Crippen LogP contribution in [0.4, 0.5) is 5.69 Å². The molecule has 0 radical (unpaired) electrons. The van der Waals surface area contributed by atoms with Crippen LogP contribution < -0.4 is 10.1 Å². The Morgan fingerprint density at radius 3 is 3.05 bits per heavy atom. The van der Waals surface area contributed by atoms with E-state index in [4.69, 9.17) is 4.74 Å². The first-order valence-corrected chi connectivity index (χ1v) is 7.95. The van der Waals surface area contributed by atoms with Crippen LogP contribution in [0, 0.1) is 6.92 Å². The average molecular weight is 308 g/mol. The van der Waals surface area contributed by atoms with Gasteiger partial charge in [0.15, 0.2) is 0 Å². The van der Waals surface area contributed by atoms with Gasteiger partial charge in [-0.15, -0.1) is 11.3 Å². The van der Waals surface area contributed by atoms with Crippen molar-refractivity contribution in [1.29, 1.82) is 0 Å². The molecule has 0 fully saturated rings. The number of benzene rings is 2. The number of para-hydroxylation sites is 1. The molecule has 2 aromatic carbocycles. The largest absolute Gasteiger partial charge is 0.491 e. The lowest BCUT2D eigenvalue weighted by molar-refractivity contribution is -0.119.